The molecular formula is C18H28N4O5S. The summed E-state index contributed by atoms with van der Waals surface area (Å²) in [6.07, 6.45) is 8.25. The molecule has 2 bridgehead atoms. The normalized spacial score (nSPS) is 27.0. The molecule has 1 atom stereocenters. The van der Waals surface area contributed by atoms with Crippen LogP contribution < -0.4 is 9.46 Å². The molecule has 0 aromatic carbocycles. The number of carbonyl (C=O) groups is 1. The highest BCUT2D eigenvalue weighted by Gasteiger charge is 2.29. The Morgan fingerprint density at radius 2 is 2.00 bits per heavy atom. The summed E-state index contributed by atoms with van der Waals surface area (Å²) in [7, 11) is -1.60. The molecule has 10 heteroatoms. The molecule has 4 rings (SSSR count). The molecule has 9 nitrogen and oxygen atoms in total. The van der Waals surface area contributed by atoms with E-state index < -0.39 is 10.0 Å². The Labute approximate surface area is 165 Å². The highest BCUT2D eigenvalue weighted by Crippen LogP contribution is 2.37. The van der Waals surface area contributed by atoms with Gasteiger partial charge in [-0.05, 0) is 38.0 Å². The number of fused-ring (bicyclic) bond motifs is 9. The van der Waals surface area contributed by atoms with Crippen molar-refractivity contribution in [3.05, 3.63) is 18.1 Å². The maximum Gasteiger partial charge on any atom is 0.260 e. The van der Waals surface area contributed by atoms with Crippen LogP contribution in [0.25, 0.3) is 0 Å². The molecule has 1 aliphatic carbocycles. The first-order valence-electron chi connectivity index (χ1n) is 9.58. The molecule has 1 amide bonds. The van der Waals surface area contributed by atoms with Crippen molar-refractivity contribution in [2.75, 3.05) is 33.0 Å². The molecule has 0 radical (unpaired) electrons. The molecule has 1 N–H and O–H groups in total. The molecule has 0 saturated heterocycles. The molecule has 1 saturated carbocycles. The summed E-state index contributed by atoms with van der Waals surface area (Å²) < 4.78 is 37.4. The molecule has 1 aromatic rings. The summed E-state index contributed by atoms with van der Waals surface area (Å²) in [6, 6.07) is 0. The van der Waals surface area contributed by atoms with Gasteiger partial charge in [0.05, 0.1) is 18.5 Å². The van der Waals surface area contributed by atoms with E-state index in [1.165, 1.54) is 6.33 Å². The van der Waals surface area contributed by atoms with Crippen LogP contribution in [0.15, 0.2) is 12.5 Å². The Morgan fingerprint density at radius 3 is 2.71 bits per heavy atom. The number of hydrogen-bond donors (Lipinski definition) is 1. The van der Waals surface area contributed by atoms with Crippen molar-refractivity contribution in [2.24, 2.45) is 0 Å². The van der Waals surface area contributed by atoms with Crippen LogP contribution in [0.4, 0.5) is 0 Å². The SMILES string of the molecule is CN1CCC(CNS(C)(=O)=O)OC2CCC(CC2)c2cncnc2OCC1=O. The van der Waals surface area contributed by atoms with Crippen LogP contribution in [0, 0.1) is 0 Å². The van der Waals surface area contributed by atoms with Crippen molar-refractivity contribution in [3.8, 4) is 5.88 Å². The monoisotopic (exact) mass is 412 g/mol. The van der Waals surface area contributed by atoms with Gasteiger partial charge in [0.25, 0.3) is 5.91 Å². The number of rotatable bonds is 3. The van der Waals surface area contributed by atoms with Gasteiger partial charge in [0.1, 0.15) is 6.33 Å². The number of nitrogens with zero attached hydrogens (tertiary/aromatic N) is 3. The average molecular weight is 413 g/mol. The summed E-state index contributed by atoms with van der Waals surface area (Å²) in [6.45, 7) is 0.557. The van der Waals surface area contributed by atoms with Crippen molar-refractivity contribution >= 4 is 15.9 Å². The predicted octanol–water partition coefficient (Wildman–Crippen LogP) is 0.678. The van der Waals surface area contributed by atoms with Crippen molar-refractivity contribution < 1.29 is 22.7 Å². The zero-order valence-corrected chi connectivity index (χ0v) is 17.2. The van der Waals surface area contributed by atoms with E-state index in [1.54, 1.807) is 18.1 Å². The molecule has 28 heavy (non-hydrogen) atoms. The van der Waals surface area contributed by atoms with Gasteiger partial charge in [0.15, 0.2) is 6.61 Å². The van der Waals surface area contributed by atoms with E-state index in [0.717, 1.165) is 37.5 Å². The summed E-state index contributed by atoms with van der Waals surface area (Å²) in [5, 5.41) is 0. The minimum atomic E-state index is -3.30. The minimum absolute atomic E-state index is 0.0700. The largest absolute Gasteiger partial charge is 0.467 e. The number of hydrogen-bond acceptors (Lipinski definition) is 7. The number of aromatic nitrogens is 2. The fourth-order valence-corrected chi connectivity index (χ4v) is 4.17. The first-order valence-corrected chi connectivity index (χ1v) is 11.5. The second-order valence-electron chi connectivity index (χ2n) is 7.53. The van der Waals surface area contributed by atoms with E-state index >= 15 is 0 Å². The molecule has 3 heterocycles. The van der Waals surface area contributed by atoms with Gasteiger partial charge in [-0.25, -0.2) is 23.1 Å². The maximum atomic E-state index is 12.4. The Hall–Kier alpha value is -1.78. The average Bonchev–Trinajstić information content (AvgIpc) is 2.67. The number of ether oxygens (including phenoxy) is 2. The van der Waals surface area contributed by atoms with Crippen molar-refractivity contribution in [2.45, 2.75) is 50.2 Å². The Bertz CT molecular complexity index is 780. The standard InChI is InChI=1S/C18H28N4O5S/c1-22-8-7-15(9-21-28(2,24)25)27-14-5-3-13(4-6-14)16-10-19-12-20-18(16)26-11-17(22)23/h10,12-15,21H,3-9,11H2,1-2H3. The molecule has 0 spiro atoms. The summed E-state index contributed by atoms with van der Waals surface area (Å²) in [5.74, 6) is 0.578. The zero-order chi connectivity index (χ0) is 20.1. The van der Waals surface area contributed by atoms with Crippen LogP contribution in [0.3, 0.4) is 0 Å². The number of nitrogens with one attached hydrogen (secondary N) is 1. The van der Waals surface area contributed by atoms with E-state index in [4.69, 9.17) is 9.47 Å². The topological polar surface area (TPSA) is 111 Å². The fraction of sp³-hybridized carbons (Fsp3) is 0.722. The van der Waals surface area contributed by atoms with E-state index in [9.17, 15) is 13.2 Å². The van der Waals surface area contributed by atoms with Crippen LogP contribution in [0.1, 0.15) is 43.6 Å². The van der Waals surface area contributed by atoms with Gasteiger partial charge in [-0.3, -0.25) is 4.79 Å². The lowest BCUT2D eigenvalue weighted by atomic mass is 9.83. The predicted molar refractivity (Wildman–Crippen MR) is 102 cm³/mol. The van der Waals surface area contributed by atoms with E-state index in [1.807, 2.05) is 0 Å². The second-order valence-corrected chi connectivity index (χ2v) is 9.36. The first kappa shape index (κ1) is 20.9. The van der Waals surface area contributed by atoms with Gasteiger partial charge in [-0.2, -0.15) is 0 Å². The maximum absolute atomic E-state index is 12.4. The van der Waals surface area contributed by atoms with Crippen molar-refractivity contribution in [3.63, 3.8) is 0 Å². The summed E-state index contributed by atoms with van der Waals surface area (Å²) >= 11 is 0. The van der Waals surface area contributed by atoms with Gasteiger partial charge < -0.3 is 14.4 Å². The van der Waals surface area contributed by atoms with Crippen LogP contribution in [-0.4, -0.2) is 74.4 Å². The summed E-state index contributed by atoms with van der Waals surface area (Å²) in [4.78, 5) is 22.3. The molecule has 2 aliphatic heterocycles. The van der Waals surface area contributed by atoms with Crippen LogP contribution in [0.5, 0.6) is 5.88 Å². The Kier molecular flexibility index (Phi) is 6.84. The molecule has 1 unspecified atom stereocenters. The van der Waals surface area contributed by atoms with Crippen LogP contribution in [-0.2, 0) is 19.6 Å². The first-order chi connectivity index (χ1) is 13.3. The lowest BCUT2D eigenvalue weighted by Gasteiger charge is -2.33. The molecule has 3 aliphatic rings. The third kappa shape index (κ3) is 5.86. The smallest absolute Gasteiger partial charge is 0.260 e. The van der Waals surface area contributed by atoms with Gasteiger partial charge in [-0.1, -0.05) is 0 Å². The molecule has 156 valence electrons. The van der Waals surface area contributed by atoms with Gasteiger partial charge >= 0.3 is 0 Å². The highest BCUT2D eigenvalue weighted by molar-refractivity contribution is 7.88. The van der Waals surface area contributed by atoms with Gasteiger partial charge in [-0.15, -0.1) is 0 Å². The van der Waals surface area contributed by atoms with Gasteiger partial charge in [0, 0.05) is 31.9 Å². The number of sulfonamides is 1. The minimum Gasteiger partial charge on any atom is -0.467 e. The van der Waals surface area contributed by atoms with Crippen LogP contribution >= 0.6 is 0 Å². The lowest BCUT2D eigenvalue weighted by molar-refractivity contribution is -0.132. The molecule has 1 fully saturated rings. The third-order valence-electron chi connectivity index (χ3n) is 5.32. The number of likely N-dealkylation sites (N-methyl/N-ethyl adjacent to an activating group) is 1. The Balaban J connectivity index is 1.76. The van der Waals surface area contributed by atoms with Crippen molar-refractivity contribution in [1.29, 1.82) is 0 Å². The highest BCUT2D eigenvalue weighted by atomic mass is 32.2. The van der Waals surface area contributed by atoms with Crippen LogP contribution in [0.2, 0.25) is 0 Å². The van der Waals surface area contributed by atoms with E-state index in [-0.39, 0.29) is 37.2 Å². The van der Waals surface area contributed by atoms with E-state index in [2.05, 4.69) is 14.7 Å². The number of carbonyl (C=O) groups excluding carboxylic acids is 1. The Morgan fingerprint density at radius 1 is 1.25 bits per heavy atom. The van der Waals surface area contributed by atoms with E-state index in [0.29, 0.717) is 18.8 Å². The molecular weight excluding hydrogens is 384 g/mol. The molecule has 1 aromatic heterocycles. The lowest BCUT2D eigenvalue weighted by Crippen LogP contribution is -2.40. The summed E-state index contributed by atoms with van der Waals surface area (Å²) in [5.41, 5.74) is 0.934. The van der Waals surface area contributed by atoms with Crippen molar-refractivity contribution in [1.82, 2.24) is 19.6 Å². The van der Waals surface area contributed by atoms with Gasteiger partial charge in [0.2, 0.25) is 15.9 Å². The third-order valence-corrected chi connectivity index (χ3v) is 6.01. The number of amides is 1. The fourth-order valence-electron chi connectivity index (χ4n) is 3.68. The zero-order valence-electron chi connectivity index (χ0n) is 16.3. The second kappa shape index (κ2) is 9.15. The quantitative estimate of drug-likeness (QED) is 0.777.